The lowest BCUT2D eigenvalue weighted by molar-refractivity contribution is -0.116. The van der Waals surface area contributed by atoms with E-state index in [-0.39, 0.29) is 5.69 Å². The summed E-state index contributed by atoms with van der Waals surface area (Å²) < 4.78 is 38.4. The lowest BCUT2D eigenvalue weighted by atomic mass is 10.2. The first kappa shape index (κ1) is 19.2. The molecule has 0 saturated heterocycles. The van der Waals surface area contributed by atoms with Crippen molar-refractivity contribution in [3.8, 4) is 0 Å². The van der Waals surface area contributed by atoms with E-state index in [0.29, 0.717) is 10.7 Å². The molecule has 0 spiro atoms. The SMILES string of the molecule is Cc1ccc(Cl)cc1NC(=O)[C@H](C)N(c1ccc(F)cc1)S(C)(=O)=O. The van der Waals surface area contributed by atoms with E-state index in [9.17, 15) is 17.6 Å². The summed E-state index contributed by atoms with van der Waals surface area (Å²) in [5.74, 6) is -1.02. The first-order chi connectivity index (χ1) is 11.6. The van der Waals surface area contributed by atoms with E-state index in [1.54, 1.807) is 25.1 Å². The number of nitrogens with zero attached hydrogens (tertiary/aromatic N) is 1. The van der Waals surface area contributed by atoms with Crippen LogP contribution in [0.5, 0.6) is 0 Å². The topological polar surface area (TPSA) is 66.5 Å². The van der Waals surface area contributed by atoms with E-state index in [0.717, 1.165) is 28.3 Å². The van der Waals surface area contributed by atoms with Crippen LogP contribution in [0, 0.1) is 12.7 Å². The molecule has 0 unspecified atom stereocenters. The third-order valence-electron chi connectivity index (χ3n) is 3.63. The predicted octanol–water partition coefficient (Wildman–Crippen LogP) is 3.58. The van der Waals surface area contributed by atoms with Crippen molar-refractivity contribution in [1.82, 2.24) is 0 Å². The Hall–Kier alpha value is -2.12. The maximum absolute atomic E-state index is 13.1. The average Bonchev–Trinajstić information content (AvgIpc) is 2.51. The van der Waals surface area contributed by atoms with Gasteiger partial charge in [-0.05, 0) is 55.8 Å². The molecule has 1 atom stereocenters. The summed E-state index contributed by atoms with van der Waals surface area (Å²) in [4.78, 5) is 12.6. The van der Waals surface area contributed by atoms with Crippen LogP contribution >= 0.6 is 11.6 Å². The zero-order chi connectivity index (χ0) is 18.8. The Bertz CT molecular complexity index is 885. The lowest BCUT2D eigenvalue weighted by Crippen LogP contribution is -2.45. The third-order valence-corrected chi connectivity index (χ3v) is 5.10. The summed E-state index contributed by atoms with van der Waals surface area (Å²) in [5, 5.41) is 3.13. The molecule has 0 saturated carbocycles. The predicted molar refractivity (Wildman–Crippen MR) is 98.0 cm³/mol. The zero-order valence-corrected chi connectivity index (χ0v) is 15.5. The van der Waals surface area contributed by atoms with E-state index >= 15 is 0 Å². The number of halogens is 2. The number of aryl methyl sites for hydroxylation is 1. The number of carbonyl (C=O) groups is 1. The molecule has 0 aliphatic carbocycles. The van der Waals surface area contributed by atoms with Crippen LogP contribution < -0.4 is 9.62 Å². The van der Waals surface area contributed by atoms with Gasteiger partial charge in [0.1, 0.15) is 11.9 Å². The highest BCUT2D eigenvalue weighted by atomic mass is 35.5. The fourth-order valence-electron chi connectivity index (χ4n) is 2.36. The molecule has 0 radical (unpaired) electrons. The monoisotopic (exact) mass is 384 g/mol. The molecule has 0 bridgehead atoms. The van der Waals surface area contributed by atoms with Crippen molar-refractivity contribution in [2.45, 2.75) is 19.9 Å². The van der Waals surface area contributed by atoms with E-state index in [1.165, 1.54) is 19.1 Å². The highest BCUT2D eigenvalue weighted by molar-refractivity contribution is 7.92. The summed E-state index contributed by atoms with van der Waals surface area (Å²) in [7, 11) is -3.76. The number of amides is 1. The number of hydrogen-bond donors (Lipinski definition) is 1. The molecule has 1 N–H and O–H groups in total. The first-order valence-electron chi connectivity index (χ1n) is 7.41. The van der Waals surface area contributed by atoms with Crippen molar-refractivity contribution in [2.24, 2.45) is 0 Å². The largest absolute Gasteiger partial charge is 0.324 e. The van der Waals surface area contributed by atoms with Gasteiger partial charge < -0.3 is 5.32 Å². The Kier molecular flexibility index (Phi) is 5.69. The fourth-order valence-corrected chi connectivity index (χ4v) is 3.71. The van der Waals surface area contributed by atoms with Gasteiger partial charge in [0.25, 0.3) is 0 Å². The number of nitrogens with one attached hydrogen (secondary N) is 1. The Labute approximate surface area is 151 Å². The standard InChI is InChI=1S/C17H18ClFN2O3S/c1-11-4-5-13(18)10-16(11)20-17(22)12(2)21(25(3,23)24)15-8-6-14(19)7-9-15/h4-10,12H,1-3H3,(H,20,22)/t12-/m0/s1. The summed E-state index contributed by atoms with van der Waals surface area (Å²) in [6, 6.07) is 8.88. The normalized spacial score (nSPS) is 12.5. The molecule has 0 heterocycles. The second-order valence-electron chi connectivity index (χ2n) is 5.66. The van der Waals surface area contributed by atoms with Gasteiger partial charge in [-0.25, -0.2) is 12.8 Å². The number of rotatable bonds is 5. The zero-order valence-electron chi connectivity index (χ0n) is 14.0. The minimum Gasteiger partial charge on any atom is -0.324 e. The van der Waals surface area contributed by atoms with E-state index in [4.69, 9.17) is 11.6 Å². The molecule has 8 heteroatoms. The summed E-state index contributed by atoms with van der Waals surface area (Å²) in [5.41, 5.74) is 1.49. The van der Waals surface area contributed by atoms with Crippen molar-refractivity contribution >= 4 is 38.9 Å². The van der Waals surface area contributed by atoms with Gasteiger partial charge in [0.15, 0.2) is 0 Å². The minimum absolute atomic E-state index is 0.203. The van der Waals surface area contributed by atoms with Crippen molar-refractivity contribution in [1.29, 1.82) is 0 Å². The molecule has 134 valence electrons. The molecule has 0 fully saturated rings. The Balaban J connectivity index is 2.33. The van der Waals surface area contributed by atoms with Gasteiger partial charge in [-0.15, -0.1) is 0 Å². The fraction of sp³-hybridized carbons (Fsp3) is 0.235. The van der Waals surface area contributed by atoms with Crippen LogP contribution in [0.3, 0.4) is 0 Å². The summed E-state index contributed by atoms with van der Waals surface area (Å²) in [6.07, 6.45) is 0.991. The quantitative estimate of drug-likeness (QED) is 0.856. The number of benzene rings is 2. The number of carbonyl (C=O) groups excluding carboxylic acids is 1. The Morgan fingerprint density at radius 1 is 1.20 bits per heavy atom. The lowest BCUT2D eigenvalue weighted by Gasteiger charge is -2.28. The number of anilines is 2. The maximum Gasteiger partial charge on any atom is 0.248 e. The van der Waals surface area contributed by atoms with Crippen LogP contribution in [0.1, 0.15) is 12.5 Å². The van der Waals surface area contributed by atoms with Crippen LogP contribution in [-0.2, 0) is 14.8 Å². The van der Waals surface area contributed by atoms with Crippen LogP contribution in [0.2, 0.25) is 5.02 Å². The summed E-state index contributed by atoms with van der Waals surface area (Å²) >= 11 is 5.93. The Morgan fingerprint density at radius 2 is 1.80 bits per heavy atom. The second-order valence-corrected chi connectivity index (χ2v) is 7.96. The molecule has 2 aromatic carbocycles. The molecule has 0 aromatic heterocycles. The molecular formula is C17H18ClFN2O3S. The van der Waals surface area contributed by atoms with Crippen molar-refractivity contribution in [3.63, 3.8) is 0 Å². The van der Waals surface area contributed by atoms with Crippen molar-refractivity contribution in [2.75, 3.05) is 15.9 Å². The summed E-state index contributed by atoms with van der Waals surface area (Å²) in [6.45, 7) is 3.25. The molecule has 2 rings (SSSR count). The highest BCUT2D eigenvalue weighted by Crippen LogP contribution is 2.24. The van der Waals surface area contributed by atoms with E-state index < -0.39 is 27.8 Å². The molecule has 1 amide bonds. The molecule has 5 nitrogen and oxygen atoms in total. The second kappa shape index (κ2) is 7.41. The molecular weight excluding hydrogens is 367 g/mol. The molecule has 0 aliphatic rings. The van der Waals surface area contributed by atoms with Crippen molar-refractivity contribution < 1.29 is 17.6 Å². The molecule has 25 heavy (non-hydrogen) atoms. The van der Waals surface area contributed by atoms with Crippen molar-refractivity contribution in [3.05, 3.63) is 58.9 Å². The van der Waals surface area contributed by atoms with Gasteiger partial charge >= 0.3 is 0 Å². The van der Waals surface area contributed by atoms with E-state index in [2.05, 4.69) is 5.32 Å². The van der Waals surface area contributed by atoms with Gasteiger partial charge in [-0.2, -0.15) is 0 Å². The maximum atomic E-state index is 13.1. The third kappa shape index (κ3) is 4.70. The van der Waals surface area contributed by atoms with Gasteiger partial charge in [-0.1, -0.05) is 17.7 Å². The molecule has 0 aliphatic heterocycles. The highest BCUT2D eigenvalue weighted by Gasteiger charge is 2.29. The Morgan fingerprint density at radius 3 is 2.36 bits per heavy atom. The smallest absolute Gasteiger partial charge is 0.248 e. The van der Waals surface area contributed by atoms with Crippen LogP contribution in [0.15, 0.2) is 42.5 Å². The van der Waals surface area contributed by atoms with Crippen LogP contribution in [-0.4, -0.2) is 26.6 Å². The first-order valence-corrected chi connectivity index (χ1v) is 9.64. The minimum atomic E-state index is -3.76. The number of hydrogen-bond acceptors (Lipinski definition) is 3. The molecule has 2 aromatic rings. The average molecular weight is 385 g/mol. The number of sulfonamides is 1. The van der Waals surface area contributed by atoms with Crippen LogP contribution in [0.4, 0.5) is 15.8 Å². The van der Waals surface area contributed by atoms with Gasteiger partial charge in [0, 0.05) is 10.7 Å². The van der Waals surface area contributed by atoms with E-state index in [1.807, 2.05) is 0 Å². The van der Waals surface area contributed by atoms with Gasteiger partial charge in [0.2, 0.25) is 15.9 Å². The van der Waals surface area contributed by atoms with Crippen LogP contribution in [0.25, 0.3) is 0 Å². The van der Waals surface area contributed by atoms with Gasteiger partial charge in [-0.3, -0.25) is 9.10 Å². The van der Waals surface area contributed by atoms with Gasteiger partial charge in [0.05, 0.1) is 11.9 Å².